The average molecular weight is 1160 g/mol. The number of ether oxygens (including phenoxy) is 2. The zero-order chi connectivity index (χ0) is 59.8. The van der Waals surface area contributed by atoms with Gasteiger partial charge in [0.1, 0.15) is 19.8 Å². The molecule has 0 heterocycles. The summed E-state index contributed by atoms with van der Waals surface area (Å²) in [4.78, 5) is 37.9. The number of carbonyl (C=O) groups is 2. The Bertz CT molecular complexity index is 1750. The molecule has 0 aliphatic rings. The van der Waals surface area contributed by atoms with Crippen molar-refractivity contribution < 1.29 is 42.1 Å². The van der Waals surface area contributed by atoms with Crippen molar-refractivity contribution in [3.63, 3.8) is 0 Å². The molecule has 10 heteroatoms. The van der Waals surface area contributed by atoms with Crippen molar-refractivity contribution >= 4 is 19.8 Å². The minimum atomic E-state index is -4.66. The number of unbranched alkanes of at least 4 members (excludes halogenated alkanes) is 29. The molecule has 0 rings (SSSR count). The maximum Gasteiger partial charge on any atom is 0.306 e. The summed E-state index contributed by atoms with van der Waals surface area (Å²) in [5.74, 6) is -0.929. The van der Waals surface area contributed by atoms with Crippen LogP contribution in [0.4, 0.5) is 0 Å². The molecule has 0 bridgehead atoms. The van der Waals surface area contributed by atoms with E-state index in [-0.39, 0.29) is 26.1 Å². The van der Waals surface area contributed by atoms with Gasteiger partial charge in [-0.3, -0.25) is 14.2 Å². The molecule has 0 aromatic heterocycles. The molecule has 0 aromatic rings. The van der Waals surface area contributed by atoms with Gasteiger partial charge < -0.3 is 27.9 Å². The molecule has 9 nitrogen and oxygen atoms in total. The van der Waals surface area contributed by atoms with E-state index in [2.05, 4.69) is 111 Å². The molecule has 472 valence electrons. The Morgan fingerprint density at radius 3 is 1.09 bits per heavy atom. The minimum absolute atomic E-state index is 0.0481. The second kappa shape index (κ2) is 62.2. The summed E-state index contributed by atoms with van der Waals surface area (Å²) in [7, 11) is 1.12. The number of allylic oxidation sites excluding steroid dienone is 18. The topological polar surface area (TPSA) is 111 Å². The van der Waals surface area contributed by atoms with Crippen LogP contribution in [-0.4, -0.2) is 70.0 Å². The first-order chi connectivity index (χ1) is 40.0. The fourth-order valence-electron chi connectivity index (χ4n) is 9.16. The molecule has 0 amide bonds. The van der Waals surface area contributed by atoms with E-state index < -0.39 is 32.5 Å². The molecule has 0 saturated heterocycles. The van der Waals surface area contributed by atoms with Crippen molar-refractivity contribution in [2.24, 2.45) is 0 Å². The third kappa shape index (κ3) is 65.8. The minimum Gasteiger partial charge on any atom is -0.756 e. The molecule has 0 aliphatic heterocycles. The van der Waals surface area contributed by atoms with Crippen molar-refractivity contribution in [3.8, 4) is 0 Å². The smallest absolute Gasteiger partial charge is 0.306 e. The van der Waals surface area contributed by atoms with Crippen molar-refractivity contribution in [3.05, 3.63) is 109 Å². The van der Waals surface area contributed by atoms with Gasteiger partial charge in [-0.15, -0.1) is 0 Å². The monoisotopic (exact) mass is 1160 g/mol. The highest BCUT2D eigenvalue weighted by Crippen LogP contribution is 2.38. The van der Waals surface area contributed by atoms with E-state index in [1.807, 2.05) is 33.3 Å². The highest BCUT2D eigenvalue weighted by atomic mass is 31.2. The number of hydrogen-bond acceptors (Lipinski definition) is 8. The molecule has 0 aromatic carbocycles. The largest absolute Gasteiger partial charge is 0.756 e. The maximum atomic E-state index is 12.8. The third-order valence-electron chi connectivity index (χ3n) is 14.3. The number of phosphoric acid groups is 1. The van der Waals surface area contributed by atoms with Crippen LogP contribution in [0.2, 0.25) is 0 Å². The Morgan fingerprint density at radius 2 is 0.720 bits per heavy atom. The van der Waals surface area contributed by atoms with Crippen LogP contribution >= 0.6 is 7.82 Å². The summed E-state index contributed by atoms with van der Waals surface area (Å²) >= 11 is 0. The lowest BCUT2D eigenvalue weighted by Crippen LogP contribution is -2.37. The zero-order valence-electron chi connectivity index (χ0n) is 53.7. The van der Waals surface area contributed by atoms with E-state index in [4.69, 9.17) is 18.5 Å². The molecule has 0 N–H and O–H groups in total. The van der Waals surface area contributed by atoms with Gasteiger partial charge in [0.25, 0.3) is 7.82 Å². The molecule has 82 heavy (non-hydrogen) atoms. The van der Waals surface area contributed by atoms with Crippen LogP contribution in [0.25, 0.3) is 0 Å². The predicted molar refractivity (Wildman–Crippen MR) is 351 cm³/mol. The molecule has 0 fully saturated rings. The van der Waals surface area contributed by atoms with E-state index in [0.717, 1.165) is 70.6 Å². The van der Waals surface area contributed by atoms with E-state index in [9.17, 15) is 19.0 Å². The van der Waals surface area contributed by atoms with Gasteiger partial charge in [0.2, 0.25) is 0 Å². The second-order valence-electron chi connectivity index (χ2n) is 23.5. The van der Waals surface area contributed by atoms with Crippen molar-refractivity contribution in [2.75, 3.05) is 47.5 Å². The summed E-state index contributed by atoms with van der Waals surface area (Å²) < 4.78 is 34.1. The van der Waals surface area contributed by atoms with Crippen molar-refractivity contribution in [1.82, 2.24) is 0 Å². The van der Waals surface area contributed by atoms with Gasteiger partial charge in [-0.1, -0.05) is 290 Å². The zero-order valence-corrected chi connectivity index (χ0v) is 54.6. The summed E-state index contributed by atoms with van der Waals surface area (Å²) in [6.07, 6.45) is 87.8. The molecular weight excluding hydrogens is 1040 g/mol. The Kier molecular flexibility index (Phi) is 59.7. The molecular formula is C72H126NO8P. The fourth-order valence-corrected chi connectivity index (χ4v) is 9.89. The van der Waals surface area contributed by atoms with E-state index in [1.165, 1.54) is 180 Å². The average Bonchev–Trinajstić information content (AvgIpc) is 3.46. The van der Waals surface area contributed by atoms with Crippen LogP contribution in [0.15, 0.2) is 109 Å². The lowest BCUT2D eigenvalue weighted by Gasteiger charge is -2.28. The Balaban J connectivity index is 4.00. The van der Waals surface area contributed by atoms with E-state index in [0.29, 0.717) is 17.4 Å². The van der Waals surface area contributed by atoms with Crippen LogP contribution in [0, 0.1) is 0 Å². The standard InChI is InChI=1S/C72H126NO8P/c1-6-8-10-12-14-16-18-20-22-24-26-27-28-29-30-31-32-33-34-35-36-37-38-39-40-41-42-43-44-45-47-48-50-52-54-56-58-60-62-64-71(74)78-68-70(69-80-82(76,77)79-67-66-73(3,4)5)81-72(75)65-63-61-59-57-55-53-51-49-46-25-23-21-19-17-15-13-11-9-7-2/h9,11,15,17-18,20-21,23-24,26,28-29,46,49,53,55,59,61,70H,6-8,10,12-14,16,19,22,25,27,30-45,47-48,50-52,54,56-58,60,62-69H2,1-5H3/b11-9-,17-15-,20-18-,23-21-,26-24-,29-28-,49-46-,55-53-,61-59-. The summed E-state index contributed by atoms with van der Waals surface area (Å²) in [6.45, 7) is 4.04. The summed E-state index contributed by atoms with van der Waals surface area (Å²) in [6, 6.07) is 0. The van der Waals surface area contributed by atoms with Crippen molar-refractivity contribution in [1.29, 1.82) is 0 Å². The molecule has 2 unspecified atom stereocenters. The number of quaternary nitrogens is 1. The molecule has 0 spiro atoms. The first kappa shape index (κ1) is 78.7. The van der Waals surface area contributed by atoms with Gasteiger partial charge in [0, 0.05) is 12.8 Å². The maximum absolute atomic E-state index is 12.8. The third-order valence-corrected chi connectivity index (χ3v) is 15.3. The number of esters is 2. The van der Waals surface area contributed by atoms with Crippen molar-refractivity contribution in [2.45, 2.75) is 290 Å². The Hall–Kier alpha value is -3.33. The van der Waals surface area contributed by atoms with Crippen LogP contribution in [-0.2, 0) is 32.7 Å². The number of likely N-dealkylation sites (N-methyl/N-ethyl adjacent to an activating group) is 1. The number of hydrogen-bond donors (Lipinski definition) is 0. The Labute approximate surface area is 506 Å². The van der Waals surface area contributed by atoms with E-state index in [1.54, 1.807) is 0 Å². The van der Waals surface area contributed by atoms with Gasteiger partial charge in [0.15, 0.2) is 6.10 Å². The van der Waals surface area contributed by atoms with Crippen LogP contribution < -0.4 is 4.89 Å². The molecule has 0 aliphatic carbocycles. The van der Waals surface area contributed by atoms with Gasteiger partial charge >= 0.3 is 11.9 Å². The SMILES string of the molecule is CC/C=C\C/C=C\C/C=C\C/C=C\C/C=C\C/C=C\CCC(=O)OC(COC(=O)CCCCCCCCCCCCCCCCCCCCCCCCCC/C=C\C/C=C\C/C=C\CCCCCCC)COP(=O)([O-])OCC[N+](C)(C)C. The number of carbonyl (C=O) groups excluding carboxylic acids is 2. The van der Waals surface area contributed by atoms with Gasteiger partial charge in [-0.2, -0.15) is 0 Å². The first-order valence-electron chi connectivity index (χ1n) is 33.6. The number of rotatable bonds is 61. The lowest BCUT2D eigenvalue weighted by molar-refractivity contribution is -0.870. The molecule has 0 radical (unpaired) electrons. The summed E-state index contributed by atoms with van der Waals surface area (Å²) in [5, 5.41) is 0. The van der Waals surface area contributed by atoms with Gasteiger partial charge in [-0.25, -0.2) is 0 Å². The van der Waals surface area contributed by atoms with Gasteiger partial charge in [0.05, 0.1) is 27.7 Å². The first-order valence-corrected chi connectivity index (χ1v) is 35.1. The lowest BCUT2D eigenvalue weighted by atomic mass is 10.0. The normalized spacial score (nSPS) is 13.9. The summed E-state index contributed by atoms with van der Waals surface area (Å²) in [5.41, 5.74) is 0. The van der Waals surface area contributed by atoms with Crippen LogP contribution in [0.5, 0.6) is 0 Å². The highest BCUT2D eigenvalue weighted by Gasteiger charge is 2.21. The van der Waals surface area contributed by atoms with Crippen LogP contribution in [0.1, 0.15) is 284 Å². The molecule has 0 saturated carbocycles. The molecule has 2 atom stereocenters. The Morgan fingerprint density at radius 1 is 0.390 bits per heavy atom. The predicted octanol–water partition coefficient (Wildman–Crippen LogP) is 21.1. The fraction of sp³-hybridized carbons (Fsp3) is 0.722. The van der Waals surface area contributed by atoms with Gasteiger partial charge in [-0.05, 0) is 89.9 Å². The van der Waals surface area contributed by atoms with E-state index >= 15 is 0 Å². The highest BCUT2D eigenvalue weighted by molar-refractivity contribution is 7.45. The second-order valence-corrected chi connectivity index (χ2v) is 24.9. The quantitative estimate of drug-likeness (QED) is 0.0195. The van der Waals surface area contributed by atoms with Crippen LogP contribution in [0.3, 0.4) is 0 Å². The number of phosphoric ester groups is 1. The number of nitrogens with zero attached hydrogens (tertiary/aromatic N) is 1.